The second kappa shape index (κ2) is 5.96. The quantitative estimate of drug-likeness (QED) is 0.479. The molecule has 1 heterocycles. The van der Waals surface area contributed by atoms with Crippen LogP contribution in [0.4, 0.5) is 10.5 Å². The highest BCUT2D eigenvalue weighted by Crippen LogP contribution is 2.33. The Morgan fingerprint density at radius 1 is 1.38 bits per heavy atom. The predicted octanol–water partition coefficient (Wildman–Crippen LogP) is 2.11. The maximum atomic E-state index is 12.0. The first kappa shape index (κ1) is 15.0. The Labute approximate surface area is 124 Å². The number of amides is 2. The Morgan fingerprint density at radius 2 is 2.10 bits per heavy atom. The van der Waals surface area contributed by atoms with Crippen LogP contribution in [0.15, 0.2) is 23.1 Å². The van der Waals surface area contributed by atoms with E-state index in [1.807, 2.05) is 6.92 Å². The summed E-state index contributed by atoms with van der Waals surface area (Å²) in [6, 6.07) is 3.54. The van der Waals surface area contributed by atoms with Gasteiger partial charge in [0.1, 0.15) is 0 Å². The van der Waals surface area contributed by atoms with Gasteiger partial charge in [0.25, 0.3) is 16.8 Å². The molecule has 0 saturated carbocycles. The van der Waals surface area contributed by atoms with Gasteiger partial charge in [0.05, 0.1) is 9.83 Å². The second-order valence-corrected chi connectivity index (χ2v) is 5.31. The number of nitro groups is 1. The molecule has 7 nitrogen and oxygen atoms in total. The van der Waals surface area contributed by atoms with Crippen molar-refractivity contribution in [2.75, 3.05) is 6.54 Å². The van der Waals surface area contributed by atoms with Gasteiger partial charge in [-0.3, -0.25) is 24.6 Å². The van der Waals surface area contributed by atoms with Gasteiger partial charge in [-0.1, -0.05) is 19.1 Å². The molecule has 0 N–H and O–H groups in total. The van der Waals surface area contributed by atoms with Gasteiger partial charge in [-0.25, -0.2) is 0 Å². The summed E-state index contributed by atoms with van der Waals surface area (Å²) in [6.45, 7) is 2.19. The monoisotopic (exact) mass is 307 g/mol. The maximum Gasteiger partial charge on any atom is 0.293 e. The van der Waals surface area contributed by atoms with E-state index in [9.17, 15) is 24.8 Å². The van der Waals surface area contributed by atoms with E-state index in [4.69, 9.17) is 0 Å². The molecule has 1 aliphatic heterocycles. The van der Waals surface area contributed by atoms with Crippen molar-refractivity contribution < 1.29 is 19.6 Å². The number of carbonyl (C=O) groups excluding carboxylic acids is 2. The molecule has 8 heteroatoms. The number of hydrogen-bond acceptors (Lipinski definition) is 6. The van der Waals surface area contributed by atoms with Crippen molar-refractivity contribution in [1.29, 1.82) is 0 Å². The van der Waals surface area contributed by atoms with E-state index in [0.29, 0.717) is 18.5 Å². The third-order valence-electron chi connectivity index (χ3n) is 2.80. The summed E-state index contributed by atoms with van der Waals surface area (Å²) in [5.41, 5.74) is -0.222. The lowest BCUT2D eigenvalue weighted by atomic mass is 10.1. The van der Waals surface area contributed by atoms with Gasteiger partial charge >= 0.3 is 0 Å². The molecule has 2 amide bonds. The molecule has 21 heavy (non-hydrogen) atoms. The van der Waals surface area contributed by atoms with Crippen molar-refractivity contribution in [3.8, 4) is 5.75 Å². The van der Waals surface area contributed by atoms with Crippen molar-refractivity contribution in [2.24, 2.45) is 0 Å². The first-order valence-electron chi connectivity index (χ1n) is 6.15. The van der Waals surface area contributed by atoms with Gasteiger partial charge in [0, 0.05) is 12.6 Å². The fourth-order valence-corrected chi connectivity index (χ4v) is 2.70. The molecule has 0 bridgehead atoms. The Hall–Kier alpha value is -2.35. The SMILES string of the molecule is CCCN1C(=O)S/C(=C\c2ccc([O-])c([N+](=O)[O-])c2)C1=O. The van der Waals surface area contributed by atoms with Gasteiger partial charge < -0.3 is 5.11 Å². The normalized spacial score (nSPS) is 16.8. The lowest BCUT2D eigenvalue weighted by Gasteiger charge is -2.09. The van der Waals surface area contributed by atoms with E-state index >= 15 is 0 Å². The fourth-order valence-electron chi connectivity index (χ4n) is 1.83. The number of imide groups is 1. The number of rotatable bonds is 4. The average Bonchev–Trinajstić information content (AvgIpc) is 2.69. The minimum Gasteiger partial charge on any atom is -0.868 e. The smallest absolute Gasteiger partial charge is 0.293 e. The zero-order chi connectivity index (χ0) is 15.6. The molecule has 2 rings (SSSR count). The standard InChI is InChI=1S/C13H12N2O5S/c1-2-5-14-12(17)11(21-13(14)18)7-8-3-4-10(16)9(6-8)15(19)20/h3-4,6-7,16H,2,5H2,1H3/p-1/b11-7-. The van der Waals surface area contributed by atoms with E-state index in [1.54, 1.807) is 0 Å². The Bertz CT molecular complexity index is 656. The average molecular weight is 307 g/mol. The molecule has 1 aromatic carbocycles. The molecular formula is C13H11N2O5S-. The van der Waals surface area contributed by atoms with E-state index in [2.05, 4.69) is 0 Å². The van der Waals surface area contributed by atoms with Crippen LogP contribution in [0.1, 0.15) is 18.9 Å². The lowest BCUT2D eigenvalue weighted by Crippen LogP contribution is -2.28. The van der Waals surface area contributed by atoms with Crippen molar-refractivity contribution in [3.63, 3.8) is 0 Å². The van der Waals surface area contributed by atoms with Crippen LogP contribution in [0.2, 0.25) is 0 Å². The maximum absolute atomic E-state index is 12.0. The van der Waals surface area contributed by atoms with Crippen LogP contribution in [0.5, 0.6) is 5.75 Å². The Morgan fingerprint density at radius 3 is 2.71 bits per heavy atom. The van der Waals surface area contributed by atoms with E-state index in [-0.39, 0.29) is 10.1 Å². The highest BCUT2D eigenvalue weighted by molar-refractivity contribution is 8.18. The lowest BCUT2D eigenvalue weighted by molar-refractivity contribution is -0.398. The van der Waals surface area contributed by atoms with Gasteiger partial charge in [-0.15, -0.1) is 0 Å². The minimum atomic E-state index is -0.775. The molecule has 0 atom stereocenters. The van der Waals surface area contributed by atoms with Crippen LogP contribution in [0.3, 0.4) is 0 Å². The summed E-state index contributed by atoms with van der Waals surface area (Å²) >= 11 is 0.786. The minimum absolute atomic E-state index is 0.196. The van der Waals surface area contributed by atoms with Crippen LogP contribution < -0.4 is 5.11 Å². The predicted molar refractivity (Wildman–Crippen MR) is 75.5 cm³/mol. The third kappa shape index (κ3) is 3.05. The molecule has 0 spiro atoms. The van der Waals surface area contributed by atoms with E-state index in [0.717, 1.165) is 28.8 Å². The van der Waals surface area contributed by atoms with E-state index in [1.165, 1.54) is 12.1 Å². The largest absolute Gasteiger partial charge is 0.868 e. The van der Waals surface area contributed by atoms with Gasteiger partial charge in [-0.05, 0) is 35.6 Å². The van der Waals surface area contributed by atoms with Gasteiger partial charge in [0.2, 0.25) is 0 Å². The molecule has 110 valence electrons. The number of nitro benzene ring substituents is 1. The zero-order valence-corrected chi connectivity index (χ0v) is 11.9. The number of benzene rings is 1. The molecule has 1 saturated heterocycles. The highest BCUT2D eigenvalue weighted by atomic mass is 32.2. The fraction of sp³-hybridized carbons (Fsp3) is 0.231. The Kier molecular flexibility index (Phi) is 4.27. The summed E-state index contributed by atoms with van der Waals surface area (Å²) in [6.07, 6.45) is 2.04. The summed E-state index contributed by atoms with van der Waals surface area (Å²) in [5.74, 6) is -1.11. The first-order valence-corrected chi connectivity index (χ1v) is 6.96. The zero-order valence-electron chi connectivity index (χ0n) is 11.1. The van der Waals surface area contributed by atoms with E-state index < -0.39 is 22.3 Å². The summed E-state index contributed by atoms with van der Waals surface area (Å²) in [5, 5.41) is 21.7. The summed E-state index contributed by atoms with van der Waals surface area (Å²) in [4.78, 5) is 35.0. The Balaban J connectivity index is 2.33. The molecular weight excluding hydrogens is 296 g/mol. The number of hydrogen-bond donors (Lipinski definition) is 0. The molecule has 1 fully saturated rings. The molecule has 0 unspecified atom stereocenters. The highest BCUT2D eigenvalue weighted by Gasteiger charge is 2.34. The summed E-state index contributed by atoms with van der Waals surface area (Å²) in [7, 11) is 0. The molecule has 0 aromatic heterocycles. The van der Waals surface area contributed by atoms with Crippen molar-refractivity contribution in [2.45, 2.75) is 13.3 Å². The van der Waals surface area contributed by atoms with Crippen LogP contribution in [-0.2, 0) is 4.79 Å². The third-order valence-corrected chi connectivity index (χ3v) is 3.71. The molecule has 0 radical (unpaired) electrons. The number of thioether (sulfide) groups is 1. The van der Waals surface area contributed by atoms with Gasteiger partial charge in [0.15, 0.2) is 0 Å². The number of carbonyl (C=O) groups is 2. The van der Waals surface area contributed by atoms with Gasteiger partial charge in [-0.2, -0.15) is 0 Å². The first-order chi connectivity index (χ1) is 9.93. The van der Waals surface area contributed by atoms with Crippen LogP contribution in [0, 0.1) is 10.1 Å². The molecule has 1 aliphatic rings. The van der Waals surface area contributed by atoms with Crippen molar-refractivity contribution in [3.05, 3.63) is 38.8 Å². The van der Waals surface area contributed by atoms with Crippen LogP contribution in [-0.4, -0.2) is 27.5 Å². The molecule has 0 aliphatic carbocycles. The summed E-state index contributed by atoms with van der Waals surface area (Å²) < 4.78 is 0. The second-order valence-electron chi connectivity index (χ2n) is 4.32. The van der Waals surface area contributed by atoms with Crippen LogP contribution in [0.25, 0.3) is 6.08 Å². The molecule has 1 aromatic rings. The topological polar surface area (TPSA) is 104 Å². The number of nitrogens with zero attached hydrogens (tertiary/aromatic N) is 2. The van der Waals surface area contributed by atoms with Crippen LogP contribution >= 0.6 is 11.8 Å². The van der Waals surface area contributed by atoms with Crippen molar-refractivity contribution in [1.82, 2.24) is 4.90 Å². The van der Waals surface area contributed by atoms with Crippen molar-refractivity contribution >= 4 is 34.7 Å².